The van der Waals surface area contributed by atoms with E-state index in [0.717, 1.165) is 5.70 Å². The molecule has 1 heterocycles. The number of amidine groups is 1. The van der Waals surface area contributed by atoms with Crippen molar-refractivity contribution in [2.45, 2.75) is 6.10 Å². The van der Waals surface area contributed by atoms with Crippen LogP contribution in [0.4, 0.5) is 10.5 Å². The first-order chi connectivity index (χ1) is 10.3. The molecule has 1 aliphatic rings. The molecule has 1 amide bonds. The smallest absolute Gasteiger partial charge is 0.409 e. The molecule has 0 saturated heterocycles. The zero-order chi connectivity index (χ0) is 16.7. The Labute approximate surface area is 129 Å². The van der Waals surface area contributed by atoms with Gasteiger partial charge in [-0.15, -0.1) is 0 Å². The summed E-state index contributed by atoms with van der Waals surface area (Å²) in [4.78, 5) is 15.7. The Morgan fingerprint density at radius 2 is 1.95 bits per heavy atom. The highest BCUT2D eigenvalue weighted by Gasteiger charge is 2.21. The van der Waals surface area contributed by atoms with Crippen LogP contribution in [0.25, 0.3) is 0 Å². The zero-order valence-corrected chi connectivity index (χ0v) is 12.5. The van der Waals surface area contributed by atoms with Crippen LogP contribution in [-0.2, 0) is 0 Å². The fourth-order valence-electron chi connectivity index (χ4n) is 1.66. The molecular weight excluding hydrogens is 284 g/mol. The maximum Gasteiger partial charge on any atom is 0.409 e. The number of nitrogens with zero attached hydrogens (tertiary/aromatic N) is 2. The maximum atomic E-state index is 10.1. The Kier molecular flexibility index (Phi) is 6.15. The largest absolute Gasteiger partial charge is 0.465 e. The number of anilines is 1. The normalized spacial score (nSPS) is 16.7. The van der Waals surface area contributed by atoms with Crippen LogP contribution in [0, 0.1) is 0 Å². The van der Waals surface area contributed by atoms with Crippen LogP contribution in [0.2, 0.25) is 0 Å². The van der Waals surface area contributed by atoms with Gasteiger partial charge in [-0.05, 0) is 12.1 Å². The van der Waals surface area contributed by atoms with Crippen molar-refractivity contribution in [2.75, 3.05) is 19.4 Å². The molecule has 1 aliphatic heterocycles. The topological polar surface area (TPSA) is 111 Å². The molecule has 0 bridgehead atoms. The lowest BCUT2D eigenvalue weighted by molar-refractivity contribution is 0.209. The average molecular weight is 304 g/mol. The number of aliphatic hydroxyl groups is 1. The van der Waals surface area contributed by atoms with Gasteiger partial charge in [-0.25, -0.2) is 9.79 Å². The summed E-state index contributed by atoms with van der Waals surface area (Å²) in [6, 6.07) is 8.74. The summed E-state index contributed by atoms with van der Waals surface area (Å²) in [5, 5.41) is 19.9. The van der Waals surface area contributed by atoms with Crippen LogP contribution in [0.3, 0.4) is 0 Å². The molecule has 22 heavy (non-hydrogen) atoms. The SMILES string of the molecule is C=C1C(N(C)C)=CN=C(N)C1O.O=C(O)Nc1ccccc1. The number of likely N-dealkylation sites (N-methyl/N-ethyl adjacent to an activating group) is 1. The molecule has 0 fully saturated rings. The van der Waals surface area contributed by atoms with Gasteiger partial charge in [-0.2, -0.15) is 0 Å². The highest BCUT2D eigenvalue weighted by molar-refractivity contribution is 5.90. The van der Waals surface area contributed by atoms with Crippen LogP contribution >= 0.6 is 0 Å². The van der Waals surface area contributed by atoms with Crippen molar-refractivity contribution in [3.05, 3.63) is 54.4 Å². The first-order valence-electron chi connectivity index (χ1n) is 6.45. The van der Waals surface area contributed by atoms with E-state index in [4.69, 9.17) is 10.8 Å². The maximum absolute atomic E-state index is 10.1. The first-order valence-corrected chi connectivity index (χ1v) is 6.45. The third-order valence-electron chi connectivity index (χ3n) is 2.78. The Morgan fingerprint density at radius 3 is 2.45 bits per heavy atom. The second-order valence-electron chi connectivity index (χ2n) is 4.69. The minimum Gasteiger partial charge on any atom is -0.465 e. The zero-order valence-electron chi connectivity index (χ0n) is 12.5. The highest BCUT2D eigenvalue weighted by atomic mass is 16.4. The van der Waals surface area contributed by atoms with E-state index in [1.54, 1.807) is 30.5 Å². The number of para-hydroxylation sites is 1. The van der Waals surface area contributed by atoms with Crippen molar-refractivity contribution in [3.8, 4) is 0 Å². The van der Waals surface area contributed by atoms with Crippen LogP contribution in [0.15, 0.2) is 59.4 Å². The van der Waals surface area contributed by atoms with Gasteiger partial charge in [0.15, 0.2) is 0 Å². The summed E-state index contributed by atoms with van der Waals surface area (Å²) in [6.07, 6.45) is -0.275. The van der Waals surface area contributed by atoms with Gasteiger partial charge in [0.1, 0.15) is 11.9 Å². The van der Waals surface area contributed by atoms with E-state index < -0.39 is 12.2 Å². The van der Waals surface area contributed by atoms with E-state index in [2.05, 4.69) is 16.9 Å². The standard InChI is InChI=1S/C8H13N3O.C7H7NO2/c1-5-6(11(2)3)4-10-8(9)7(5)12;9-7(10)8-6-4-2-1-3-5-6/h4,7,12H,1H2,2-3H3,(H2,9,10);1-5,8H,(H,9,10). The van der Waals surface area contributed by atoms with Crippen LogP contribution in [0.1, 0.15) is 0 Å². The predicted octanol–water partition coefficient (Wildman–Crippen LogP) is 1.45. The van der Waals surface area contributed by atoms with Crippen molar-refractivity contribution in [2.24, 2.45) is 10.7 Å². The van der Waals surface area contributed by atoms with E-state index in [0.29, 0.717) is 11.3 Å². The summed E-state index contributed by atoms with van der Waals surface area (Å²) in [7, 11) is 3.72. The number of carboxylic acid groups (broad SMARTS) is 1. The van der Waals surface area contributed by atoms with E-state index >= 15 is 0 Å². The van der Waals surface area contributed by atoms with Gasteiger partial charge in [-0.1, -0.05) is 24.8 Å². The van der Waals surface area contributed by atoms with Crippen molar-refractivity contribution in [1.29, 1.82) is 0 Å². The molecule has 1 atom stereocenters. The number of nitrogens with two attached hydrogens (primary N) is 1. The molecule has 1 aromatic rings. The first kappa shape index (κ1) is 17.3. The Balaban J connectivity index is 0.000000224. The molecule has 2 rings (SSSR count). The molecule has 1 unspecified atom stereocenters. The summed E-state index contributed by atoms with van der Waals surface area (Å²) >= 11 is 0. The van der Waals surface area contributed by atoms with Gasteiger partial charge in [0.2, 0.25) is 0 Å². The van der Waals surface area contributed by atoms with Gasteiger partial charge in [0, 0.05) is 25.4 Å². The Morgan fingerprint density at radius 1 is 1.36 bits per heavy atom. The van der Waals surface area contributed by atoms with Gasteiger partial charge < -0.3 is 20.8 Å². The second kappa shape index (κ2) is 7.84. The minimum absolute atomic E-state index is 0.200. The Hall–Kier alpha value is -2.80. The molecule has 0 radical (unpaired) electrons. The van der Waals surface area contributed by atoms with Crippen molar-refractivity contribution < 1.29 is 15.0 Å². The summed E-state index contributed by atoms with van der Waals surface area (Å²) in [5.41, 5.74) is 7.39. The van der Waals surface area contributed by atoms with E-state index in [-0.39, 0.29) is 5.84 Å². The molecule has 7 nitrogen and oxygen atoms in total. The van der Waals surface area contributed by atoms with Crippen LogP contribution in [0.5, 0.6) is 0 Å². The number of aliphatic hydroxyl groups excluding tert-OH is 1. The number of rotatable bonds is 2. The summed E-state index contributed by atoms with van der Waals surface area (Å²) < 4.78 is 0. The molecule has 0 aromatic heterocycles. The summed E-state index contributed by atoms with van der Waals surface area (Å²) in [6.45, 7) is 3.73. The van der Waals surface area contributed by atoms with E-state index in [1.165, 1.54) is 0 Å². The molecule has 0 spiro atoms. The van der Waals surface area contributed by atoms with Crippen molar-refractivity contribution in [3.63, 3.8) is 0 Å². The fraction of sp³-hybridized carbons (Fsp3) is 0.200. The number of nitrogens with one attached hydrogen (secondary N) is 1. The quantitative estimate of drug-likeness (QED) is 0.661. The fourth-order valence-corrected chi connectivity index (χ4v) is 1.66. The monoisotopic (exact) mass is 304 g/mol. The minimum atomic E-state index is -1.04. The highest BCUT2D eigenvalue weighted by Crippen LogP contribution is 2.18. The lowest BCUT2D eigenvalue weighted by atomic mass is 10.1. The number of hydrogen-bond acceptors (Lipinski definition) is 5. The lowest BCUT2D eigenvalue weighted by Gasteiger charge is -2.24. The van der Waals surface area contributed by atoms with Gasteiger partial charge >= 0.3 is 6.09 Å². The Bertz CT molecular complexity index is 594. The molecule has 118 valence electrons. The van der Waals surface area contributed by atoms with E-state index in [9.17, 15) is 9.90 Å². The molecule has 0 aliphatic carbocycles. The number of amides is 1. The van der Waals surface area contributed by atoms with Gasteiger partial charge in [0.25, 0.3) is 0 Å². The van der Waals surface area contributed by atoms with Crippen LogP contribution in [-0.4, -0.2) is 47.2 Å². The number of aliphatic imine (C=N–C) groups is 1. The molecular formula is C15H20N4O3. The van der Waals surface area contributed by atoms with Crippen LogP contribution < -0.4 is 11.1 Å². The average Bonchev–Trinajstić information content (AvgIpc) is 2.45. The van der Waals surface area contributed by atoms with Crippen molar-refractivity contribution >= 4 is 17.6 Å². The lowest BCUT2D eigenvalue weighted by Crippen LogP contribution is -2.35. The van der Waals surface area contributed by atoms with Crippen molar-refractivity contribution in [1.82, 2.24) is 4.90 Å². The third kappa shape index (κ3) is 4.95. The summed E-state index contributed by atoms with van der Waals surface area (Å²) in [5.74, 6) is 0.200. The molecule has 0 saturated carbocycles. The number of benzene rings is 1. The van der Waals surface area contributed by atoms with Gasteiger partial charge in [0.05, 0.1) is 11.9 Å². The predicted molar refractivity (Wildman–Crippen MR) is 86.6 cm³/mol. The molecule has 5 N–H and O–H groups in total. The second-order valence-corrected chi connectivity index (χ2v) is 4.69. The number of carbonyl (C=O) groups is 1. The molecule has 1 aromatic carbocycles. The number of hydrogen-bond donors (Lipinski definition) is 4. The van der Waals surface area contributed by atoms with E-state index in [1.807, 2.05) is 25.1 Å². The third-order valence-corrected chi connectivity index (χ3v) is 2.78. The van der Waals surface area contributed by atoms with Gasteiger partial charge in [-0.3, -0.25) is 5.32 Å². The molecule has 7 heteroatoms.